The molecular weight excluding hydrogens is 845 g/mol. The summed E-state index contributed by atoms with van der Waals surface area (Å²) in [6.07, 6.45) is 3.68. The van der Waals surface area contributed by atoms with Gasteiger partial charge in [-0.3, -0.25) is 33.6 Å². The maximum absolute atomic E-state index is 14.6. The molecule has 0 aliphatic carbocycles. The highest BCUT2D eigenvalue weighted by molar-refractivity contribution is 8.03. The zero-order valence-electron chi connectivity index (χ0n) is 36.3. The van der Waals surface area contributed by atoms with E-state index in [1.807, 2.05) is 90.3 Å². The van der Waals surface area contributed by atoms with Crippen LogP contribution in [0.3, 0.4) is 0 Å². The topological polar surface area (TPSA) is 203 Å². The van der Waals surface area contributed by atoms with Crippen molar-refractivity contribution in [3.05, 3.63) is 138 Å². The molecule has 0 bridgehead atoms. The molecule has 65 heavy (non-hydrogen) atoms. The number of allylic oxidation sites excluding steroid dienone is 1. The highest BCUT2D eigenvalue weighted by Gasteiger charge is 2.34. The minimum absolute atomic E-state index is 0.0196. The maximum atomic E-state index is 14.6. The molecule has 6 atom stereocenters. The van der Waals surface area contributed by atoms with E-state index >= 15 is 0 Å². The fraction of sp³-hybridized carbons (Fsp3) is 0.340. The van der Waals surface area contributed by atoms with Gasteiger partial charge in [0.05, 0.1) is 5.92 Å². The fourth-order valence-corrected chi connectivity index (χ4v) is 8.83. The number of carbonyl (C=O) groups excluding carboxylic acids is 6. The molecule has 2 aliphatic heterocycles. The quantitative estimate of drug-likeness (QED) is 0.0685. The summed E-state index contributed by atoms with van der Waals surface area (Å²) in [6.45, 7) is 1.92. The molecule has 2 heterocycles. The number of amides is 6. The Hall–Kier alpha value is -6.74. The van der Waals surface area contributed by atoms with Gasteiger partial charge in [-0.05, 0) is 72.4 Å². The van der Waals surface area contributed by atoms with Gasteiger partial charge in [0.2, 0.25) is 35.4 Å². The van der Waals surface area contributed by atoms with Crippen molar-refractivity contribution in [1.29, 1.82) is 0 Å². The number of benzene rings is 4. The van der Waals surface area contributed by atoms with Crippen LogP contribution in [-0.4, -0.2) is 93.9 Å². The number of thioether (sulfide) groups is 1. The van der Waals surface area contributed by atoms with Gasteiger partial charge in [-0.1, -0.05) is 109 Å². The average molecular weight is 901 g/mol. The predicted molar refractivity (Wildman–Crippen MR) is 250 cm³/mol. The number of hydrogen-bond acceptors (Lipinski definition) is 8. The molecule has 6 N–H and O–H groups in total. The number of carboxylic acids is 1. The second-order valence-electron chi connectivity index (χ2n) is 16.4. The number of para-hydroxylation sites is 1. The van der Waals surface area contributed by atoms with E-state index in [-0.39, 0.29) is 49.8 Å². The first-order valence-corrected chi connectivity index (χ1v) is 22.9. The standard InChI is InChI=1S/C50H56N6O8S/c1-33(49(62)56-27-11-17-38(32-56)50(63)64)51-46(59)41(29-34-13-5-2-6-14-34)54-47(60)42(30-35-21-23-37(24-22-35)36-15-7-3-8-16-36)55-48(61)43(31-40-20-12-28-65-40)53-45(58)26-25-44(57)52-39-18-9-4-10-19-39/h2-10,12-16,18-19,21-24,28,33,38,40-43H,11,17,20,25-27,29-32H2,1H3,(H,51,59)(H,52,57)(H,53,58)(H,54,60)(H,55,61)(H,63,64)/t33-,38+,40?,41+,42-,43+/m0/s1. The number of rotatable bonds is 20. The number of anilines is 1. The number of piperidine rings is 1. The van der Waals surface area contributed by atoms with Crippen LogP contribution in [0.2, 0.25) is 0 Å². The van der Waals surface area contributed by atoms with Gasteiger partial charge in [0.25, 0.3) is 0 Å². The van der Waals surface area contributed by atoms with E-state index in [2.05, 4.69) is 26.6 Å². The first-order valence-electron chi connectivity index (χ1n) is 22.0. The van der Waals surface area contributed by atoms with E-state index in [9.17, 15) is 38.7 Å². The summed E-state index contributed by atoms with van der Waals surface area (Å²) >= 11 is 1.54. The van der Waals surface area contributed by atoms with E-state index in [0.29, 0.717) is 31.5 Å². The fourth-order valence-electron chi connectivity index (χ4n) is 7.86. The third-order valence-electron chi connectivity index (χ3n) is 11.4. The molecule has 4 aromatic rings. The molecule has 14 nitrogen and oxygen atoms in total. The summed E-state index contributed by atoms with van der Waals surface area (Å²) in [4.78, 5) is 95.7. The van der Waals surface area contributed by atoms with Crippen molar-refractivity contribution in [2.75, 3.05) is 18.4 Å². The van der Waals surface area contributed by atoms with Crippen LogP contribution in [0.5, 0.6) is 0 Å². The first kappa shape index (κ1) is 47.7. The van der Waals surface area contributed by atoms with Crippen molar-refractivity contribution in [2.45, 2.75) is 87.7 Å². The van der Waals surface area contributed by atoms with Gasteiger partial charge in [0.1, 0.15) is 24.2 Å². The molecular formula is C50H56N6O8S. The summed E-state index contributed by atoms with van der Waals surface area (Å²) in [5, 5.41) is 25.6. The Morgan fingerprint density at radius 2 is 1.22 bits per heavy atom. The Morgan fingerprint density at radius 3 is 1.83 bits per heavy atom. The molecule has 0 saturated carbocycles. The van der Waals surface area contributed by atoms with Crippen molar-refractivity contribution < 1.29 is 38.7 Å². The van der Waals surface area contributed by atoms with Crippen LogP contribution < -0.4 is 26.6 Å². The van der Waals surface area contributed by atoms with Crippen LogP contribution in [0.4, 0.5) is 5.69 Å². The van der Waals surface area contributed by atoms with Crippen molar-refractivity contribution >= 4 is 58.9 Å². The molecule has 0 aromatic heterocycles. The number of likely N-dealkylation sites (tertiary alicyclic amines) is 1. The zero-order chi connectivity index (χ0) is 46.1. The highest BCUT2D eigenvalue weighted by atomic mass is 32.2. The summed E-state index contributed by atoms with van der Waals surface area (Å²) in [5.41, 5.74) is 4.00. The van der Waals surface area contributed by atoms with Gasteiger partial charge < -0.3 is 36.6 Å². The Labute approximate surface area is 383 Å². The van der Waals surface area contributed by atoms with Gasteiger partial charge in [-0.25, -0.2) is 0 Å². The van der Waals surface area contributed by atoms with Crippen LogP contribution in [0.1, 0.15) is 56.6 Å². The summed E-state index contributed by atoms with van der Waals surface area (Å²) in [5.74, 6) is -4.89. The van der Waals surface area contributed by atoms with E-state index < -0.39 is 65.6 Å². The molecule has 1 saturated heterocycles. The zero-order valence-corrected chi connectivity index (χ0v) is 37.1. The minimum Gasteiger partial charge on any atom is -0.481 e. The smallest absolute Gasteiger partial charge is 0.308 e. The number of hydrogen-bond donors (Lipinski definition) is 6. The largest absolute Gasteiger partial charge is 0.481 e. The van der Waals surface area contributed by atoms with E-state index in [4.69, 9.17) is 0 Å². The van der Waals surface area contributed by atoms with Crippen molar-refractivity contribution in [3.63, 3.8) is 0 Å². The summed E-state index contributed by atoms with van der Waals surface area (Å²) in [6, 6.07) is 30.8. The second-order valence-corrected chi connectivity index (χ2v) is 17.6. The highest BCUT2D eigenvalue weighted by Crippen LogP contribution is 2.28. The third-order valence-corrected chi connectivity index (χ3v) is 12.5. The first-order chi connectivity index (χ1) is 31.4. The average Bonchev–Trinajstić information content (AvgIpc) is 3.84. The van der Waals surface area contributed by atoms with Crippen molar-refractivity contribution in [3.8, 4) is 11.1 Å². The van der Waals surface area contributed by atoms with Crippen LogP contribution in [0.25, 0.3) is 11.1 Å². The van der Waals surface area contributed by atoms with E-state index in [0.717, 1.165) is 22.3 Å². The number of nitrogens with one attached hydrogen (secondary N) is 5. The second kappa shape index (κ2) is 23.8. The Balaban J connectivity index is 1.21. The lowest BCUT2D eigenvalue weighted by atomic mass is 9.97. The Kier molecular flexibility index (Phi) is 17.5. The van der Waals surface area contributed by atoms with E-state index in [1.165, 1.54) is 23.6 Å². The summed E-state index contributed by atoms with van der Waals surface area (Å²) < 4.78 is 0. The lowest BCUT2D eigenvalue weighted by molar-refractivity contribution is -0.147. The Morgan fingerprint density at radius 1 is 0.662 bits per heavy atom. The molecule has 15 heteroatoms. The Bertz CT molecular complexity index is 2290. The predicted octanol–water partition coefficient (Wildman–Crippen LogP) is 5.25. The molecule has 0 radical (unpaired) electrons. The molecule has 2 aliphatic rings. The van der Waals surface area contributed by atoms with Gasteiger partial charge in [-0.15, -0.1) is 11.8 Å². The lowest BCUT2D eigenvalue weighted by Crippen LogP contribution is -2.59. The van der Waals surface area contributed by atoms with Gasteiger partial charge in [-0.2, -0.15) is 0 Å². The molecule has 1 fully saturated rings. The number of nitrogens with zero attached hydrogens (tertiary/aromatic N) is 1. The number of aliphatic carboxylic acids is 1. The molecule has 0 spiro atoms. The molecule has 340 valence electrons. The normalized spacial score (nSPS) is 17.4. The van der Waals surface area contributed by atoms with Gasteiger partial charge >= 0.3 is 5.97 Å². The van der Waals surface area contributed by atoms with Crippen LogP contribution >= 0.6 is 11.8 Å². The van der Waals surface area contributed by atoms with Crippen LogP contribution in [0, 0.1) is 5.92 Å². The molecule has 6 rings (SSSR count). The SMILES string of the molecule is C[C@H](NC(=O)[C@@H](Cc1ccccc1)NC(=O)[C@H](Cc1ccc(-c2ccccc2)cc1)NC(=O)[C@@H](CC1CC=CS1)NC(=O)CCC(=O)Nc1ccccc1)C(=O)N1CCC[C@@H](C(=O)O)C1. The third kappa shape index (κ3) is 14.6. The van der Waals surface area contributed by atoms with Gasteiger partial charge in [0, 0.05) is 49.7 Å². The monoisotopic (exact) mass is 900 g/mol. The van der Waals surface area contributed by atoms with Crippen molar-refractivity contribution in [1.82, 2.24) is 26.2 Å². The van der Waals surface area contributed by atoms with Crippen LogP contribution in [-0.2, 0) is 46.4 Å². The number of carbonyl (C=O) groups is 7. The van der Waals surface area contributed by atoms with Crippen LogP contribution in [0.15, 0.2) is 127 Å². The summed E-state index contributed by atoms with van der Waals surface area (Å²) in [7, 11) is 0. The number of carboxylic acid groups (broad SMARTS) is 1. The molecule has 1 unspecified atom stereocenters. The van der Waals surface area contributed by atoms with Crippen molar-refractivity contribution in [2.24, 2.45) is 5.92 Å². The maximum Gasteiger partial charge on any atom is 0.308 e. The molecule has 4 aromatic carbocycles. The molecule has 6 amide bonds. The van der Waals surface area contributed by atoms with E-state index in [1.54, 1.807) is 36.4 Å². The minimum atomic E-state index is -1.22. The lowest BCUT2D eigenvalue weighted by Gasteiger charge is -2.33. The van der Waals surface area contributed by atoms with Gasteiger partial charge in [0.15, 0.2) is 0 Å².